The topological polar surface area (TPSA) is 34.1 Å². The smallest absolute Gasteiger partial charge is 0.137 e. The Balaban J connectivity index is 0. The molecule has 2 heteroatoms. The van der Waals surface area contributed by atoms with Gasteiger partial charge in [0.15, 0.2) is 0 Å². The lowest BCUT2D eigenvalue weighted by Gasteiger charge is -1.86. The molecular formula is C11H22O2. The van der Waals surface area contributed by atoms with E-state index in [1.54, 1.807) is 0 Å². The predicted molar refractivity (Wildman–Crippen MR) is 55.8 cm³/mol. The lowest BCUT2D eigenvalue weighted by Crippen LogP contribution is -1.97. The number of carbonyl (C=O) groups is 2. The number of unbranched alkanes of at least 4 members (excludes halogenated alkanes) is 3. The van der Waals surface area contributed by atoms with Gasteiger partial charge in [0.1, 0.15) is 11.6 Å². The summed E-state index contributed by atoms with van der Waals surface area (Å²) in [6.45, 7) is 7.27. The molecule has 78 valence electrons. The van der Waals surface area contributed by atoms with Gasteiger partial charge in [-0.1, -0.05) is 39.5 Å². The zero-order chi connectivity index (χ0) is 10.7. The monoisotopic (exact) mass is 186 g/mol. The fourth-order valence-corrected chi connectivity index (χ4v) is 0.851. The summed E-state index contributed by atoms with van der Waals surface area (Å²) >= 11 is 0. The van der Waals surface area contributed by atoms with Gasteiger partial charge in [-0.25, -0.2) is 0 Å². The molecule has 0 aromatic rings. The molecule has 0 heterocycles. The summed E-state index contributed by atoms with van der Waals surface area (Å²) in [4.78, 5) is 20.1. The number of hydrogen-bond donors (Lipinski definition) is 0. The highest BCUT2D eigenvalue weighted by Crippen LogP contribution is 1.95. The van der Waals surface area contributed by atoms with Gasteiger partial charge < -0.3 is 0 Å². The Kier molecular flexibility index (Phi) is 12.9. The summed E-state index contributed by atoms with van der Waals surface area (Å²) < 4.78 is 0. The maximum atomic E-state index is 10.0. The number of ketones is 2. The van der Waals surface area contributed by atoms with Gasteiger partial charge >= 0.3 is 0 Å². The number of Topliss-reactive ketones (excluding diaryl/α,β-unsaturated/α-hetero) is 2. The molecule has 0 aliphatic rings. The van der Waals surface area contributed by atoms with Crippen LogP contribution in [-0.2, 0) is 9.59 Å². The minimum Gasteiger partial charge on any atom is -0.300 e. The molecule has 13 heavy (non-hydrogen) atoms. The highest BCUT2D eigenvalue weighted by molar-refractivity contribution is 5.96. The van der Waals surface area contributed by atoms with Crippen molar-refractivity contribution in [1.29, 1.82) is 0 Å². The SMILES string of the molecule is CC(=O)CC(C)=O.CCCCCC. The molecule has 0 saturated carbocycles. The Hall–Kier alpha value is -0.660. The molecule has 0 spiro atoms. The van der Waals surface area contributed by atoms with E-state index in [1.807, 2.05) is 0 Å². The Bertz CT molecular complexity index is 123. The standard InChI is InChI=1S/C6H14.C5H8O2/c1-3-5-6-4-2;1-4(6)3-5(2)7/h3-6H2,1-2H3;3H2,1-2H3. The van der Waals surface area contributed by atoms with Crippen LogP contribution in [0.3, 0.4) is 0 Å². The van der Waals surface area contributed by atoms with Crippen LogP contribution in [0, 0.1) is 0 Å². The van der Waals surface area contributed by atoms with E-state index in [4.69, 9.17) is 0 Å². The third-order valence-electron chi connectivity index (χ3n) is 1.45. The third kappa shape index (κ3) is 24.6. The van der Waals surface area contributed by atoms with Crippen molar-refractivity contribution in [3.63, 3.8) is 0 Å². The fraction of sp³-hybridized carbons (Fsp3) is 0.818. The number of carbonyl (C=O) groups excluding carboxylic acids is 2. The predicted octanol–water partition coefficient (Wildman–Crippen LogP) is 3.14. The van der Waals surface area contributed by atoms with Gasteiger partial charge in [0.25, 0.3) is 0 Å². The summed E-state index contributed by atoms with van der Waals surface area (Å²) in [5, 5.41) is 0. The van der Waals surface area contributed by atoms with E-state index in [0.717, 1.165) is 0 Å². The van der Waals surface area contributed by atoms with Gasteiger partial charge in [-0.3, -0.25) is 9.59 Å². The minimum atomic E-state index is -0.0625. The van der Waals surface area contributed by atoms with Crippen LogP contribution in [0.1, 0.15) is 59.8 Å². The molecule has 0 aromatic carbocycles. The van der Waals surface area contributed by atoms with Crippen LogP contribution in [0.2, 0.25) is 0 Å². The van der Waals surface area contributed by atoms with Crippen LogP contribution in [0.5, 0.6) is 0 Å². The highest BCUT2D eigenvalue weighted by atomic mass is 16.1. The van der Waals surface area contributed by atoms with Crippen molar-refractivity contribution in [3.05, 3.63) is 0 Å². The van der Waals surface area contributed by atoms with Gasteiger partial charge in [-0.05, 0) is 13.8 Å². The van der Waals surface area contributed by atoms with E-state index in [9.17, 15) is 9.59 Å². The second-order valence-corrected chi connectivity index (χ2v) is 3.29. The molecule has 0 fully saturated rings. The van der Waals surface area contributed by atoms with Gasteiger partial charge in [-0.2, -0.15) is 0 Å². The number of hydrogen-bond acceptors (Lipinski definition) is 2. The first-order valence-corrected chi connectivity index (χ1v) is 5.03. The van der Waals surface area contributed by atoms with E-state index in [0.29, 0.717) is 0 Å². The molecule has 0 bridgehead atoms. The highest BCUT2D eigenvalue weighted by Gasteiger charge is 1.94. The normalized spacial score (nSPS) is 8.62. The van der Waals surface area contributed by atoms with Gasteiger partial charge in [0.05, 0.1) is 6.42 Å². The van der Waals surface area contributed by atoms with Gasteiger partial charge in [-0.15, -0.1) is 0 Å². The average Bonchev–Trinajstić information content (AvgIpc) is 1.99. The Morgan fingerprint density at radius 1 is 0.846 bits per heavy atom. The molecule has 0 amide bonds. The average molecular weight is 186 g/mol. The largest absolute Gasteiger partial charge is 0.300 e. The molecule has 0 aromatic heterocycles. The van der Waals surface area contributed by atoms with E-state index in [-0.39, 0.29) is 18.0 Å². The first kappa shape index (κ1) is 14.8. The molecule has 0 aliphatic heterocycles. The van der Waals surface area contributed by atoms with Crippen molar-refractivity contribution in [2.24, 2.45) is 0 Å². The van der Waals surface area contributed by atoms with Crippen LogP contribution in [0.25, 0.3) is 0 Å². The van der Waals surface area contributed by atoms with Crippen LogP contribution < -0.4 is 0 Å². The molecule has 0 unspecified atom stereocenters. The van der Waals surface area contributed by atoms with Crippen LogP contribution >= 0.6 is 0 Å². The molecule has 0 saturated heterocycles. The summed E-state index contributed by atoms with van der Waals surface area (Å²) in [6, 6.07) is 0. The molecule has 0 aliphatic carbocycles. The van der Waals surface area contributed by atoms with Crippen molar-refractivity contribution < 1.29 is 9.59 Å². The fourth-order valence-electron chi connectivity index (χ4n) is 0.851. The summed E-state index contributed by atoms with van der Waals surface area (Å²) in [6.07, 6.45) is 5.62. The van der Waals surface area contributed by atoms with Gasteiger partial charge in [0.2, 0.25) is 0 Å². The Labute approximate surface area is 81.7 Å². The second-order valence-electron chi connectivity index (χ2n) is 3.29. The minimum absolute atomic E-state index is 0.0625. The van der Waals surface area contributed by atoms with Crippen LogP contribution in [0.15, 0.2) is 0 Å². The van der Waals surface area contributed by atoms with Crippen molar-refractivity contribution in [1.82, 2.24) is 0 Å². The lowest BCUT2D eigenvalue weighted by atomic mass is 10.2. The molecule has 2 nitrogen and oxygen atoms in total. The lowest BCUT2D eigenvalue weighted by molar-refractivity contribution is -0.124. The maximum Gasteiger partial charge on any atom is 0.137 e. The van der Waals surface area contributed by atoms with Crippen LogP contribution in [0.4, 0.5) is 0 Å². The third-order valence-corrected chi connectivity index (χ3v) is 1.45. The zero-order valence-corrected chi connectivity index (χ0v) is 9.35. The second kappa shape index (κ2) is 11.3. The van der Waals surface area contributed by atoms with Gasteiger partial charge in [0, 0.05) is 0 Å². The molecular weight excluding hydrogens is 164 g/mol. The zero-order valence-electron chi connectivity index (χ0n) is 9.35. The number of rotatable bonds is 5. The van der Waals surface area contributed by atoms with Crippen molar-refractivity contribution in [3.8, 4) is 0 Å². The Morgan fingerprint density at radius 2 is 1.15 bits per heavy atom. The first-order valence-electron chi connectivity index (χ1n) is 5.03. The molecule has 0 rings (SSSR count). The van der Waals surface area contributed by atoms with E-state index in [1.165, 1.54) is 39.5 Å². The van der Waals surface area contributed by atoms with Crippen molar-refractivity contribution in [2.45, 2.75) is 59.8 Å². The van der Waals surface area contributed by atoms with Crippen molar-refractivity contribution in [2.75, 3.05) is 0 Å². The van der Waals surface area contributed by atoms with E-state index in [2.05, 4.69) is 13.8 Å². The van der Waals surface area contributed by atoms with E-state index >= 15 is 0 Å². The molecule has 0 N–H and O–H groups in total. The first-order chi connectivity index (χ1) is 6.04. The summed E-state index contributed by atoms with van der Waals surface area (Å²) in [5.74, 6) is -0.125. The van der Waals surface area contributed by atoms with Crippen LogP contribution in [-0.4, -0.2) is 11.6 Å². The molecule has 0 radical (unpaired) electrons. The van der Waals surface area contributed by atoms with Crippen molar-refractivity contribution >= 4 is 11.6 Å². The summed E-state index contributed by atoms with van der Waals surface area (Å²) in [5.41, 5.74) is 0. The molecule has 0 atom stereocenters. The Morgan fingerprint density at radius 3 is 1.23 bits per heavy atom. The maximum absolute atomic E-state index is 10.0. The summed E-state index contributed by atoms with van der Waals surface area (Å²) in [7, 11) is 0. The van der Waals surface area contributed by atoms with E-state index < -0.39 is 0 Å². The quantitative estimate of drug-likeness (QED) is 0.488.